The lowest BCUT2D eigenvalue weighted by molar-refractivity contribution is -0.190. The molecule has 2 nitrogen and oxygen atoms in total. The van der Waals surface area contributed by atoms with Crippen LogP contribution in [-0.4, -0.2) is 28.2 Å². The van der Waals surface area contributed by atoms with Crippen molar-refractivity contribution in [2.75, 3.05) is 0 Å². The van der Waals surface area contributed by atoms with E-state index in [1.807, 2.05) is 0 Å². The van der Waals surface area contributed by atoms with Crippen molar-refractivity contribution in [1.82, 2.24) is 0 Å². The van der Waals surface area contributed by atoms with Gasteiger partial charge in [-0.2, -0.15) is 26.3 Å². The van der Waals surface area contributed by atoms with Crippen LogP contribution in [0.2, 0.25) is 26.2 Å². The minimum atomic E-state index is -4.66. The van der Waals surface area contributed by atoms with Gasteiger partial charge in [0.1, 0.15) is 0 Å². The van der Waals surface area contributed by atoms with E-state index in [4.69, 9.17) is 0 Å². The lowest BCUT2D eigenvalue weighted by Crippen LogP contribution is -2.54. The van der Waals surface area contributed by atoms with Gasteiger partial charge < -0.3 is 0 Å². The van der Waals surface area contributed by atoms with Gasteiger partial charge >= 0.3 is 28.2 Å². The van der Waals surface area contributed by atoms with Gasteiger partial charge in [0.25, 0.3) is 0 Å². The average Bonchev–Trinajstić information content (AvgIpc) is 1.97. The Labute approximate surface area is 90.7 Å². The summed E-state index contributed by atoms with van der Waals surface area (Å²) in [7, 11) is -8.56. The van der Waals surface area contributed by atoms with Gasteiger partial charge in [-0.15, -0.1) is 0 Å². The number of halogens is 6. The third kappa shape index (κ3) is 3.75. The Morgan fingerprint density at radius 1 is 0.625 bits per heavy atom. The molecular weight excluding hydrogens is 274 g/mol. The molecule has 0 saturated heterocycles. The van der Waals surface area contributed by atoms with Crippen LogP contribution in [0, 0.1) is 0 Å². The lowest BCUT2D eigenvalue weighted by atomic mass is 11.5. The fourth-order valence-corrected chi connectivity index (χ4v) is 2.16. The highest BCUT2D eigenvalue weighted by Crippen LogP contribution is 2.34. The first-order valence-electron chi connectivity index (χ1n) is 4.21. The monoisotopic (exact) mass is 286 g/mol. The summed E-state index contributed by atoms with van der Waals surface area (Å²) >= 11 is 0. The van der Waals surface area contributed by atoms with E-state index < -0.39 is 28.2 Å². The van der Waals surface area contributed by atoms with Crippen molar-refractivity contribution in [3.8, 4) is 0 Å². The highest BCUT2D eigenvalue weighted by atomic mass is 28.4. The van der Waals surface area contributed by atoms with E-state index in [1.165, 1.54) is 0 Å². The Morgan fingerprint density at radius 3 is 0.938 bits per heavy atom. The molecule has 0 aromatic carbocycles. The highest BCUT2D eigenvalue weighted by Gasteiger charge is 2.58. The van der Waals surface area contributed by atoms with Gasteiger partial charge in [-0.1, -0.05) is 0 Å². The molecule has 0 radical (unpaired) electrons. The summed E-state index contributed by atoms with van der Waals surface area (Å²) in [4.78, 5) is 0. The molecular formula is C6H12F6O2Si2. The van der Waals surface area contributed by atoms with Crippen LogP contribution in [0.4, 0.5) is 26.3 Å². The predicted molar refractivity (Wildman–Crippen MR) is 49.2 cm³/mol. The summed E-state index contributed by atoms with van der Waals surface area (Å²) in [6.07, 6.45) is 0. The van der Waals surface area contributed by atoms with Crippen LogP contribution < -0.4 is 0 Å². The van der Waals surface area contributed by atoms with Crippen LogP contribution in [0.25, 0.3) is 0 Å². The van der Waals surface area contributed by atoms with E-state index in [1.54, 1.807) is 0 Å². The van der Waals surface area contributed by atoms with Crippen molar-refractivity contribution in [3.05, 3.63) is 0 Å². The summed E-state index contributed by atoms with van der Waals surface area (Å²) < 4.78 is 81.9. The van der Waals surface area contributed by atoms with Crippen LogP contribution in [0.15, 0.2) is 0 Å². The van der Waals surface area contributed by atoms with Crippen molar-refractivity contribution in [2.45, 2.75) is 37.8 Å². The minimum absolute atomic E-state index is 0.730. The standard InChI is InChI=1S/C6H12F6O2Si2/c1-15(2,5(7,8)9)13-14-16(3,4)6(10,11)12/h1-4H3. The van der Waals surface area contributed by atoms with Crippen molar-refractivity contribution >= 4 is 16.6 Å². The molecule has 0 atom stereocenters. The highest BCUT2D eigenvalue weighted by molar-refractivity contribution is 6.75. The molecule has 0 amide bonds. The van der Waals surface area contributed by atoms with E-state index >= 15 is 0 Å². The zero-order valence-electron chi connectivity index (χ0n) is 9.08. The topological polar surface area (TPSA) is 18.5 Å². The third-order valence-corrected chi connectivity index (χ3v) is 5.72. The molecule has 0 aliphatic heterocycles. The number of hydrogen-bond donors (Lipinski definition) is 0. The molecule has 0 aliphatic carbocycles. The number of rotatable bonds is 3. The maximum absolute atomic E-state index is 12.3. The van der Waals surface area contributed by atoms with Crippen LogP contribution in [-0.2, 0) is 9.15 Å². The molecule has 0 aromatic rings. The smallest absolute Gasteiger partial charge is 0.287 e. The first-order chi connectivity index (χ1) is 6.71. The van der Waals surface area contributed by atoms with Gasteiger partial charge in [0.15, 0.2) is 0 Å². The summed E-state index contributed by atoms with van der Waals surface area (Å²) in [5.74, 6) is -9.33. The van der Waals surface area contributed by atoms with E-state index in [-0.39, 0.29) is 0 Å². The third-order valence-electron chi connectivity index (χ3n) is 1.82. The summed E-state index contributed by atoms with van der Waals surface area (Å²) in [5, 5.41) is 0. The van der Waals surface area contributed by atoms with Crippen LogP contribution in [0.1, 0.15) is 0 Å². The molecule has 0 bridgehead atoms. The Bertz CT molecular complexity index is 220. The Morgan fingerprint density at radius 2 is 0.812 bits per heavy atom. The van der Waals surface area contributed by atoms with Crippen LogP contribution in [0.3, 0.4) is 0 Å². The fraction of sp³-hybridized carbons (Fsp3) is 1.00. The molecule has 0 aliphatic rings. The van der Waals surface area contributed by atoms with E-state index in [0.29, 0.717) is 0 Å². The molecule has 0 heterocycles. The molecule has 98 valence electrons. The van der Waals surface area contributed by atoms with E-state index in [0.717, 1.165) is 26.2 Å². The van der Waals surface area contributed by atoms with Crippen LogP contribution in [0.5, 0.6) is 0 Å². The zero-order chi connectivity index (χ0) is 13.4. The number of alkyl halides is 6. The lowest BCUT2D eigenvalue weighted by Gasteiger charge is -2.30. The van der Waals surface area contributed by atoms with Gasteiger partial charge in [0.2, 0.25) is 0 Å². The SMILES string of the molecule is C[Si](C)(OO[Si](C)(C)C(F)(F)F)C(F)(F)F. The maximum atomic E-state index is 12.3. The Hall–Kier alpha value is -0.0662. The van der Waals surface area contributed by atoms with Crippen LogP contribution >= 0.6 is 0 Å². The molecule has 0 saturated carbocycles. The van der Waals surface area contributed by atoms with E-state index in [9.17, 15) is 26.3 Å². The van der Waals surface area contributed by atoms with Crippen molar-refractivity contribution in [1.29, 1.82) is 0 Å². The second-order valence-electron chi connectivity index (χ2n) is 4.18. The van der Waals surface area contributed by atoms with Gasteiger partial charge in [-0.25, -0.2) is 0 Å². The zero-order valence-corrected chi connectivity index (χ0v) is 11.1. The predicted octanol–water partition coefficient (Wildman–Crippen LogP) is 3.55. The molecule has 16 heavy (non-hydrogen) atoms. The van der Waals surface area contributed by atoms with Gasteiger partial charge in [0, 0.05) is 0 Å². The second kappa shape index (κ2) is 4.31. The molecule has 10 heteroatoms. The molecule has 0 N–H and O–H groups in total. The maximum Gasteiger partial charge on any atom is 0.392 e. The first-order valence-corrected chi connectivity index (χ1v) is 10.0. The minimum Gasteiger partial charge on any atom is -0.287 e. The number of hydrogen-bond acceptors (Lipinski definition) is 2. The van der Waals surface area contributed by atoms with Gasteiger partial charge in [-0.05, 0) is 26.2 Å². The molecule has 0 rings (SSSR count). The largest absolute Gasteiger partial charge is 0.392 e. The van der Waals surface area contributed by atoms with Crippen molar-refractivity contribution in [3.63, 3.8) is 0 Å². The molecule has 0 aromatic heterocycles. The van der Waals surface area contributed by atoms with Crippen molar-refractivity contribution in [2.24, 2.45) is 0 Å². The van der Waals surface area contributed by atoms with Gasteiger partial charge in [-0.3, -0.25) is 9.15 Å². The summed E-state index contributed by atoms with van der Waals surface area (Å²) in [6.45, 7) is 2.92. The molecule has 0 unspecified atom stereocenters. The Balaban J connectivity index is 4.59. The van der Waals surface area contributed by atoms with Crippen molar-refractivity contribution < 1.29 is 35.5 Å². The summed E-state index contributed by atoms with van der Waals surface area (Å²) in [6, 6.07) is 0. The summed E-state index contributed by atoms with van der Waals surface area (Å²) in [5.41, 5.74) is 0. The Kier molecular flexibility index (Phi) is 4.29. The fourth-order valence-electron chi connectivity index (χ4n) is 0.303. The quantitative estimate of drug-likeness (QED) is 0.342. The average molecular weight is 286 g/mol. The second-order valence-corrected chi connectivity index (χ2v) is 11.7. The first kappa shape index (κ1) is 15.9. The molecule has 0 spiro atoms. The normalized spacial score (nSPS) is 15.4. The van der Waals surface area contributed by atoms with E-state index in [2.05, 4.69) is 9.15 Å². The molecule has 0 fully saturated rings. The van der Waals surface area contributed by atoms with Gasteiger partial charge in [0.05, 0.1) is 0 Å².